The van der Waals surface area contributed by atoms with Crippen molar-refractivity contribution in [3.63, 3.8) is 0 Å². The molecular formula is C25H28FN5O5S. The zero-order valence-electron chi connectivity index (χ0n) is 21.0. The molecule has 12 heteroatoms. The average Bonchev–Trinajstić information content (AvgIpc) is 3.22. The summed E-state index contributed by atoms with van der Waals surface area (Å²) in [7, 11) is 2.85. The highest BCUT2D eigenvalue weighted by molar-refractivity contribution is 7.09. The summed E-state index contributed by atoms with van der Waals surface area (Å²) < 4.78 is 30.0. The molecular weight excluding hydrogens is 501 g/mol. The maximum atomic E-state index is 15.3. The number of aromatic nitrogens is 1. The Morgan fingerprint density at radius 3 is 2.32 bits per heavy atom. The van der Waals surface area contributed by atoms with E-state index >= 15 is 4.39 Å². The van der Waals surface area contributed by atoms with Crippen molar-refractivity contribution in [2.75, 3.05) is 24.9 Å². The summed E-state index contributed by atoms with van der Waals surface area (Å²) in [5, 5.41) is 2.85. The van der Waals surface area contributed by atoms with E-state index in [2.05, 4.69) is 9.69 Å². The van der Waals surface area contributed by atoms with Gasteiger partial charge in [-0.15, -0.1) is 0 Å². The van der Waals surface area contributed by atoms with Gasteiger partial charge in [-0.2, -0.15) is 4.37 Å². The number of carbonyl (C=O) groups is 3. The average molecular weight is 530 g/mol. The molecule has 0 aliphatic rings. The lowest BCUT2D eigenvalue weighted by Crippen LogP contribution is -2.49. The minimum Gasteiger partial charge on any atom is -0.497 e. The van der Waals surface area contributed by atoms with Gasteiger partial charge in [-0.3, -0.25) is 19.3 Å². The number of hydrogen-bond acceptors (Lipinski definition) is 8. The molecule has 0 spiro atoms. The standard InChI is InChI=1S/C25H28FN5O5S/c1-25(2,3)29-23(33)20(14-12-13(35-4)10-11-17(14)36-5)31(16-9-7-6-8-15(16)26)24(34)21-18(27)19(22(28)32)30-37-21/h6-12,20H,27H2,1-5H3,(H2,28,32)(H,29,33)/t20-/m1/s1. The number of carbonyl (C=O) groups excluding carboxylic acids is 3. The first-order valence-corrected chi connectivity index (χ1v) is 11.8. The molecule has 3 rings (SSSR count). The number of primary amides is 1. The Hall–Kier alpha value is -4.19. The van der Waals surface area contributed by atoms with Gasteiger partial charge in [0.2, 0.25) is 5.91 Å². The van der Waals surface area contributed by atoms with E-state index in [-0.39, 0.29) is 33.3 Å². The molecule has 0 unspecified atom stereocenters. The van der Waals surface area contributed by atoms with E-state index in [1.54, 1.807) is 32.9 Å². The summed E-state index contributed by atoms with van der Waals surface area (Å²) in [6.45, 7) is 5.29. The SMILES string of the molecule is COc1ccc(OC)c([C@H](C(=O)NC(C)(C)C)N(C(=O)c2snc(C(N)=O)c2N)c2ccccc2F)c1. The lowest BCUT2D eigenvalue weighted by atomic mass is 9.99. The van der Waals surface area contributed by atoms with Crippen molar-refractivity contribution < 1.29 is 28.2 Å². The van der Waals surface area contributed by atoms with E-state index in [9.17, 15) is 14.4 Å². The van der Waals surface area contributed by atoms with Crippen molar-refractivity contribution in [1.82, 2.24) is 9.69 Å². The molecule has 10 nitrogen and oxygen atoms in total. The molecule has 0 saturated carbocycles. The van der Waals surface area contributed by atoms with Crippen molar-refractivity contribution >= 4 is 40.6 Å². The van der Waals surface area contributed by atoms with E-state index < -0.39 is 35.1 Å². The number of anilines is 2. The first-order chi connectivity index (χ1) is 17.4. The van der Waals surface area contributed by atoms with Crippen LogP contribution in [-0.4, -0.2) is 41.9 Å². The molecule has 1 atom stereocenters. The van der Waals surface area contributed by atoms with Crippen LogP contribution in [0, 0.1) is 5.82 Å². The summed E-state index contributed by atoms with van der Waals surface area (Å²) in [5.74, 6) is -2.58. The Bertz CT molecular complexity index is 1340. The van der Waals surface area contributed by atoms with Gasteiger partial charge in [-0.1, -0.05) is 12.1 Å². The Labute approximate surface area is 217 Å². The van der Waals surface area contributed by atoms with Gasteiger partial charge in [-0.05, 0) is 62.6 Å². The van der Waals surface area contributed by atoms with Gasteiger partial charge in [0, 0.05) is 11.1 Å². The molecule has 1 aromatic heterocycles. The molecule has 0 aliphatic carbocycles. The van der Waals surface area contributed by atoms with E-state index in [1.165, 1.54) is 38.5 Å². The van der Waals surface area contributed by atoms with Gasteiger partial charge < -0.3 is 26.3 Å². The molecule has 0 radical (unpaired) electrons. The monoisotopic (exact) mass is 529 g/mol. The second-order valence-electron chi connectivity index (χ2n) is 9.01. The molecule has 196 valence electrons. The summed E-state index contributed by atoms with van der Waals surface area (Å²) in [4.78, 5) is 40.4. The number of amides is 3. The Kier molecular flexibility index (Phi) is 8.02. The molecule has 3 aromatic rings. The molecule has 0 bridgehead atoms. The third-order valence-electron chi connectivity index (χ3n) is 5.22. The predicted molar refractivity (Wildman–Crippen MR) is 138 cm³/mol. The second kappa shape index (κ2) is 10.8. The lowest BCUT2D eigenvalue weighted by Gasteiger charge is -2.34. The highest BCUT2D eigenvalue weighted by atomic mass is 32.1. The van der Waals surface area contributed by atoms with Crippen molar-refractivity contribution in [1.29, 1.82) is 0 Å². The number of para-hydroxylation sites is 1. The summed E-state index contributed by atoms with van der Waals surface area (Å²) in [6.07, 6.45) is 0. The third-order valence-corrected chi connectivity index (χ3v) is 6.07. The zero-order chi connectivity index (χ0) is 27.5. The number of hydrogen-bond donors (Lipinski definition) is 3. The maximum absolute atomic E-state index is 15.3. The first-order valence-electron chi connectivity index (χ1n) is 11.1. The van der Waals surface area contributed by atoms with Crippen LogP contribution in [0.25, 0.3) is 0 Å². The van der Waals surface area contributed by atoms with Crippen molar-refractivity contribution in [2.45, 2.75) is 32.4 Å². The molecule has 2 aromatic carbocycles. The quantitative estimate of drug-likeness (QED) is 0.405. The van der Waals surface area contributed by atoms with Gasteiger partial charge in [0.25, 0.3) is 11.8 Å². The first kappa shape index (κ1) is 27.4. The van der Waals surface area contributed by atoms with Crippen molar-refractivity contribution in [3.05, 3.63) is 64.4 Å². The van der Waals surface area contributed by atoms with Crippen LogP contribution < -0.4 is 31.2 Å². The minimum atomic E-state index is -1.45. The highest BCUT2D eigenvalue weighted by Gasteiger charge is 2.39. The topological polar surface area (TPSA) is 150 Å². The van der Waals surface area contributed by atoms with Crippen LogP contribution in [0.3, 0.4) is 0 Å². The Balaban J connectivity index is 2.35. The smallest absolute Gasteiger partial charge is 0.273 e. The van der Waals surface area contributed by atoms with Crippen LogP contribution in [0.1, 0.15) is 52.5 Å². The van der Waals surface area contributed by atoms with Crippen LogP contribution in [-0.2, 0) is 4.79 Å². The summed E-state index contributed by atoms with van der Waals surface area (Å²) in [6, 6.07) is 8.74. The van der Waals surface area contributed by atoms with Gasteiger partial charge in [0.05, 0.1) is 25.6 Å². The number of nitrogens with one attached hydrogen (secondary N) is 1. The third kappa shape index (κ3) is 5.80. The second-order valence-corrected chi connectivity index (χ2v) is 9.79. The van der Waals surface area contributed by atoms with E-state index in [1.807, 2.05) is 0 Å². The number of nitrogens with two attached hydrogens (primary N) is 2. The maximum Gasteiger partial charge on any atom is 0.273 e. The van der Waals surface area contributed by atoms with Gasteiger partial charge in [0.1, 0.15) is 28.2 Å². The summed E-state index contributed by atoms with van der Waals surface area (Å²) >= 11 is 0.619. The molecule has 1 heterocycles. The number of benzene rings is 2. The fourth-order valence-electron chi connectivity index (χ4n) is 3.64. The largest absolute Gasteiger partial charge is 0.497 e. The Morgan fingerprint density at radius 1 is 1.11 bits per heavy atom. The Morgan fingerprint density at radius 2 is 1.78 bits per heavy atom. The van der Waals surface area contributed by atoms with Gasteiger partial charge in [-0.25, -0.2) is 4.39 Å². The predicted octanol–water partition coefficient (Wildman–Crippen LogP) is 3.28. The number of nitrogens with zero attached hydrogens (tertiary/aromatic N) is 2. The van der Waals surface area contributed by atoms with Crippen molar-refractivity contribution in [2.24, 2.45) is 5.73 Å². The van der Waals surface area contributed by atoms with Crippen molar-refractivity contribution in [3.8, 4) is 11.5 Å². The van der Waals surface area contributed by atoms with Crippen LogP contribution >= 0.6 is 11.5 Å². The highest BCUT2D eigenvalue weighted by Crippen LogP contribution is 2.39. The normalized spacial score (nSPS) is 11.9. The number of nitrogen functional groups attached to an aromatic ring is 1. The summed E-state index contributed by atoms with van der Waals surface area (Å²) in [5.41, 5.74) is 10.1. The van der Waals surface area contributed by atoms with E-state index in [0.717, 1.165) is 11.0 Å². The molecule has 37 heavy (non-hydrogen) atoms. The fraction of sp³-hybridized carbons (Fsp3) is 0.280. The van der Waals surface area contributed by atoms with Crippen LogP contribution in [0.15, 0.2) is 42.5 Å². The fourth-order valence-corrected chi connectivity index (χ4v) is 4.38. The van der Waals surface area contributed by atoms with E-state index in [0.29, 0.717) is 17.3 Å². The molecule has 3 amide bonds. The number of methoxy groups -OCH3 is 2. The lowest BCUT2D eigenvalue weighted by molar-refractivity contribution is -0.123. The molecule has 0 fully saturated rings. The molecule has 5 N–H and O–H groups in total. The molecule has 0 aliphatic heterocycles. The van der Waals surface area contributed by atoms with Gasteiger partial charge in [0.15, 0.2) is 5.69 Å². The van der Waals surface area contributed by atoms with Crippen LogP contribution in [0.5, 0.6) is 11.5 Å². The zero-order valence-corrected chi connectivity index (χ0v) is 21.8. The number of ether oxygens (including phenoxy) is 2. The van der Waals surface area contributed by atoms with E-state index in [4.69, 9.17) is 20.9 Å². The molecule has 0 saturated heterocycles. The van der Waals surface area contributed by atoms with Gasteiger partial charge >= 0.3 is 0 Å². The number of halogens is 1. The number of rotatable bonds is 8. The minimum absolute atomic E-state index is 0.188. The van der Waals surface area contributed by atoms with Crippen LogP contribution in [0.4, 0.5) is 15.8 Å². The van der Waals surface area contributed by atoms with Crippen LogP contribution in [0.2, 0.25) is 0 Å².